The maximum atomic E-state index is 13.3. The van der Waals surface area contributed by atoms with Gasteiger partial charge in [0, 0.05) is 62.4 Å². The number of β-amino-alcohol motifs (C(OH)–C–C–N with tert-alkyl or cyclic N) is 1. The highest BCUT2D eigenvalue weighted by molar-refractivity contribution is 5.89. The van der Waals surface area contributed by atoms with Gasteiger partial charge >= 0.3 is 0 Å². The van der Waals surface area contributed by atoms with Gasteiger partial charge in [0.15, 0.2) is 0 Å². The number of hydrogen-bond acceptors (Lipinski definition) is 7. The molecule has 2 aromatic rings. The molecule has 5 rings (SSSR count). The van der Waals surface area contributed by atoms with Crippen LogP contribution in [0.25, 0.3) is 0 Å². The van der Waals surface area contributed by atoms with Crippen molar-refractivity contribution in [3.8, 4) is 11.8 Å². The maximum Gasteiger partial charge on any atom is 0.243 e. The van der Waals surface area contributed by atoms with Gasteiger partial charge in [-0.2, -0.15) is 0 Å². The van der Waals surface area contributed by atoms with Gasteiger partial charge in [-0.05, 0) is 48.2 Å². The molecule has 0 bridgehead atoms. The first-order chi connectivity index (χ1) is 21.2. The Morgan fingerprint density at radius 1 is 0.955 bits per heavy atom. The molecule has 3 aliphatic rings. The normalized spacial score (nSPS) is 23.7. The summed E-state index contributed by atoms with van der Waals surface area (Å²) in [6.45, 7) is 9.01. The third kappa shape index (κ3) is 8.45. The summed E-state index contributed by atoms with van der Waals surface area (Å²) < 4.78 is 5.42. The zero-order chi connectivity index (χ0) is 31.1. The lowest BCUT2D eigenvalue weighted by molar-refractivity contribution is -0.140. The van der Waals surface area contributed by atoms with Crippen LogP contribution < -0.4 is 16.0 Å². The second kappa shape index (κ2) is 14.8. The summed E-state index contributed by atoms with van der Waals surface area (Å²) in [4.78, 5) is 42.8. The van der Waals surface area contributed by atoms with Gasteiger partial charge in [0.25, 0.3) is 0 Å². The van der Waals surface area contributed by atoms with Crippen LogP contribution in [-0.2, 0) is 32.2 Å². The van der Waals surface area contributed by atoms with E-state index < -0.39 is 18.2 Å². The molecule has 3 fully saturated rings. The summed E-state index contributed by atoms with van der Waals surface area (Å²) in [7, 11) is 0. The number of carbonyl (C=O) groups is 3. The predicted molar refractivity (Wildman–Crippen MR) is 166 cm³/mol. The predicted octanol–water partition coefficient (Wildman–Crippen LogP) is 0.999. The summed E-state index contributed by atoms with van der Waals surface area (Å²) in [6, 6.07) is 14.6. The van der Waals surface area contributed by atoms with Crippen LogP contribution in [0.2, 0.25) is 0 Å². The lowest BCUT2D eigenvalue weighted by Crippen LogP contribution is -2.47. The van der Waals surface area contributed by atoms with Crippen LogP contribution in [0.3, 0.4) is 0 Å². The van der Waals surface area contributed by atoms with Crippen LogP contribution in [0.15, 0.2) is 48.5 Å². The molecule has 4 atom stereocenters. The molecule has 4 N–H and O–H groups in total. The molecule has 0 unspecified atom stereocenters. The molecule has 44 heavy (non-hydrogen) atoms. The van der Waals surface area contributed by atoms with Gasteiger partial charge in [-0.25, -0.2) is 0 Å². The molecular weight excluding hydrogens is 558 g/mol. The third-order valence-electron chi connectivity index (χ3n) is 8.39. The third-order valence-corrected chi connectivity index (χ3v) is 8.39. The number of carbonyl (C=O) groups excluding carboxylic acids is 3. The number of nitrogens with zero attached hydrogens (tertiary/aromatic N) is 2. The van der Waals surface area contributed by atoms with Gasteiger partial charge in [0.1, 0.15) is 6.04 Å². The molecule has 234 valence electrons. The lowest BCUT2D eigenvalue weighted by Gasteiger charge is -2.26. The van der Waals surface area contributed by atoms with Crippen molar-refractivity contribution in [3.63, 3.8) is 0 Å². The fourth-order valence-corrected chi connectivity index (χ4v) is 5.85. The average Bonchev–Trinajstić information content (AvgIpc) is 3.66. The Morgan fingerprint density at radius 2 is 1.59 bits per heavy atom. The highest BCUT2D eigenvalue weighted by atomic mass is 16.5. The van der Waals surface area contributed by atoms with E-state index in [1.807, 2.05) is 24.3 Å². The molecule has 0 spiro atoms. The molecule has 3 amide bonds. The molecule has 10 heteroatoms. The van der Waals surface area contributed by atoms with Crippen molar-refractivity contribution in [2.75, 3.05) is 39.4 Å². The number of morpholine rings is 1. The fourth-order valence-electron chi connectivity index (χ4n) is 5.85. The van der Waals surface area contributed by atoms with Crippen LogP contribution in [0.4, 0.5) is 0 Å². The summed E-state index contributed by atoms with van der Waals surface area (Å²) in [5.74, 6) is 5.58. The number of hydrogen-bond donors (Lipinski definition) is 4. The first-order valence-corrected chi connectivity index (χ1v) is 15.5. The van der Waals surface area contributed by atoms with Gasteiger partial charge in [-0.1, -0.05) is 50.0 Å². The number of ether oxygens (including phenoxy) is 1. The summed E-state index contributed by atoms with van der Waals surface area (Å²) in [5.41, 5.74) is 4.02. The van der Waals surface area contributed by atoms with Gasteiger partial charge in [-0.3, -0.25) is 19.3 Å². The maximum absolute atomic E-state index is 13.3. The average molecular weight is 602 g/mol. The Hall–Kier alpha value is -3.75. The van der Waals surface area contributed by atoms with Crippen molar-refractivity contribution >= 4 is 17.7 Å². The van der Waals surface area contributed by atoms with Crippen LogP contribution in [0, 0.1) is 17.8 Å². The van der Waals surface area contributed by atoms with Crippen molar-refractivity contribution in [1.82, 2.24) is 25.8 Å². The van der Waals surface area contributed by atoms with Gasteiger partial charge in [0.05, 0.1) is 25.4 Å². The van der Waals surface area contributed by atoms with Crippen LogP contribution >= 0.6 is 0 Å². The quantitative estimate of drug-likeness (QED) is 0.333. The van der Waals surface area contributed by atoms with E-state index in [1.165, 1.54) is 5.56 Å². The van der Waals surface area contributed by atoms with Crippen molar-refractivity contribution in [1.29, 1.82) is 0 Å². The molecule has 2 aromatic carbocycles. The number of benzene rings is 2. The van der Waals surface area contributed by atoms with E-state index >= 15 is 0 Å². The molecule has 10 nitrogen and oxygen atoms in total. The van der Waals surface area contributed by atoms with Crippen molar-refractivity contribution in [2.45, 2.75) is 64.0 Å². The van der Waals surface area contributed by atoms with E-state index in [0.29, 0.717) is 25.9 Å². The highest BCUT2D eigenvalue weighted by Crippen LogP contribution is 2.22. The van der Waals surface area contributed by atoms with Crippen molar-refractivity contribution < 1.29 is 24.2 Å². The summed E-state index contributed by atoms with van der Waals surface area (Å²) in [5, 5.41) is 18.7. The molecule has 3 saturated heterocycles. The van der Waals surface area contributed by atoms with Crippen LogP contribution in [0.1, 0.15) is 48.9 Å². The fraction of sp³-hybridized carbons (Fsp3) is 0.500. The Kier molecular flexibility index (Phi) is 10.7. The van der Waals surface area contributed by atoms with Crippen molar-refractivity contribution in [2.24, 2.45) is 5.92 Å². The molecule has 0 aromatic heterocycles. The Bertz CT molecular complexity index is 1360. The Labute approximate surface area is 259 Å². The smallest absolute Gasteiger partial charge is 0.243 e. The van der Waals surface area contributed by atoms with E-state index in [2.05, 4.69) is 57.0 Å². The van der Waals surface area contributed by atoms with Gasteiger partial charge in [-0.15, -0.1) is 0 Å². The van der Waals surface area contributed by atoms with Crippen molar-refractivity contribution in [3.05, 3.63) is 70.8 Å². The Balaban J connectivity index is 1.12. The number of likely N-dealkylation sites (tertiary alicyclic amines) is 1. The molecule has 0 radical (unpaired) electrons. The molecular formula is C34H43N5O5. The van der Waals surface area contributed by atoms with E-state index in [4.69, 9.17) is 4.74 Å². The SMILES string of the molecule is CC(C)C(=O)N1C[C@H](NC(=O)[C@@H]2C[C@@H](O)CN2)C[C@@H]1C(=O)NCc1ccc(C#Cc2ccc(CN3CCOCC3)cc2)cc1. The number of aliphatic hydroxyl groups excluding tert-OH is 1. The number of amides is 3. The first-order valence-electron chi connectivity index (χ1n) is 15.5. The van der Waals surface area contributed by atoms with E-state index in [0.717, 1.165) is 49.5 Å². The number of rotatable bonds is 8. The largest absolute Gasteiger partial charge is 0.392 e. The molecule has 3 aliphatic heterocycles. The monoisotopic (exact) mass is 601 g/mol. The summed E-state index contributed by atoms with van der Waals surface area (Å²) in [6.07, 6.45) is 0.148. The van der Waals surface area contributed by atoms with Gasteiger partial charge in [0.2, 0.25) is 17.7 Å². The van der Waals surface area contributed by atoms with E-state index in [9.17, 15) is 19.5 Å². The van der Waals surface area contributed by atoms with Gasteiger partial charge < -0.3 is 30.7 Å². The summed E-state index contributed by atoms with van der Waals surface area (Å²) >= 11 is 0. The van der Waals surface area contributed by atoms with Crippen LogP contribution in [0.5, 0.6) is 0 Å². The number of aliphatic hydroxyl groups is 1. The molecule has 3 heterocycles. The van der Waals surface area contributed by atoms with E-state index in [-0.39, 0.29) is 36.2 Å². The molecule has 0 aliphatic carbocycles. The zero-order valence-electron chi connectivity index (χ0n) is 25.6. The minimum Gasteiger partial charge on any atom is -0.392 e. The Morgan fingerprint density at radius 3 is 2.18 bits per heavy atom. The lowest BCUT2D eigenvalue weighted by atomic mass is 10.1. The number of nitrogens with one attached hydrogen (secondary N) is 3. The topological polar surface area (TPSA) is 123 Å². The second-order valence-electron chi connectivity index (χ2n) is 12.2. The first kappa shape index (κ1) is 31.7. The van der Waals surface area contributed by atoms with E-state index in [1.54, 1.807) is 18.7 Å². The highest BCUT2D eigenvalue weighted by Gasteiger charge is 2.41. The minimum absolute atomic E-state index is 0.119. The molecule has 0 saturated carbocycles. The zero-order valence-corrected chi connectivity index (χ0v) is 25.6. The standard InChI is InChI=1S/C34H43N5O5/c1-23(2)34(43)39-22-28(37-32(41)30-18-29(40)20-35-30)17-31(39)33(42)36-19-26-9-5-24(6-10-26)3-4-25-7-11-27(12-8-25)21-38-13-15-44-16-14-38/h5-12,23,28-31,35,40H,13-22H2,1-2H3,(H,36,42)(H,37,41)/t28-,29-,30+,31-/m1/s1. The second-order valence-corrected chi connectivity index (χ2v) is 12.2. The van der Waals surface area contributed by atoms with Crippen LogP contribution in [-0.4, -0.2) is 96.3 Å². The minimum atomic E-state index is -0.664.